The summed E-state index contributed by atoms with van der Waals surface area (Å²) in [5, 5.41) is 9.77. The SMILES string of the molecule is COc1ccc(/C=C/C(=O)/C=C(O)/C=C/c2ccc(OC)cc2F)c(F)c1. The van der Waals surface area contributed by atoms with Crippen LogP contribution in [0.1, 0.15) is 11.1 Å². The molecule has 0 atom stereocenters. The Morgan fingerprint density at radius 2 is 1.37 bits per heavy atom. The van der Waals surface area contributed by atoms with Crippen LogP contribution in [0.15, 0.2) is 60.4 Å². The lowest BCUT2D eigenvalue weighted by molar-refractivity contribution is -0.110. The van der Waals surface area contributed by atoms with Gasteiger partial charge in [0.15, 0.2) is 5.78 Å². The largest absolute Gasteiger partial charge is 0.508 e. The predicted octanol–water partition coefficient (Wildman–Crippen LogP) is 4.72. The number of halogens is 2. The molecular weight excluding hydrogens is 354 g/mol. The van der Waals surface area contributed by atoms with Gasteiger partial charge in [-0.25, -0.2) is 8.78 Å². The molecule has 0 radical (unpaired) electrons. The number of rotatable bonds is 7. The number of hydrogen-bond donors (Lipinski definition) is 1. The van der Waals surface area contributed by atoms with Crippen molar-refractivity contribution in [2.75, 3.05) is 14.2 Å². The summed E-state index contributed by atoms with van der Waals surface area (Å²) < 4.78 is 37.4. The molecule has 0 amide bonds. The van der Waals surface area contributed by atoms with Crippen molar-refractivity contribution in [1.82, 2.24) is 0 Å². The summed E-state index contributed by atoms with van der Waals surface area (Å²) >= 11 is 0. The molecular formula is C21H18F2O4. The molecule has 0 saturated carbocycles. The van der Waals surface area contributed by atoms with Crippen molar-refractivity contribution in [1.29, 1.82) is 0 Å². The lowest BCUT2D eigenvalue weighted by Crippen LogP contribution is -1.91. The maximum Gasteiger partial charge on any atom is 0.182 e. The maximum absolute atomic E-state index is 13.8. The molecule has 0 aromatic heterocycles. The molecule has 0 aliphatic rings. The zero-order chi connectivity index (χ0) is 19.8. The quantitative estimate of drug-likeness (QED) is 0.434. The third-order valence-electron chi connectivity index (χ3n) is 3.57. The van der Waals surface area contributed by atoms with E-state index in [1.807, 2.05) is 0 Å². The molecule has 27 heavy (non-hydrogen) atoms. The van der Waals surface area contributed by atoms with Crippen LogP contribution < -0.4 is 9.47 Å². The number of ketones is 1. The summed E-state index contributed by atoms with van der Waals surface area (Å²) in [6.45, 7) is 0. The van der Waals surface area contributed by atoms with Crippen molar-refractivity contribution in [2.24, 2.45) is 0 Å². The second-order valence-corrected chi connectivity index (χ2v) is 5.41. The third kappa shape index (κ3) is 5.81. The number of hydrogen-bond acceptors (Lipinski definition) is 4. The van der Waals surface area contributed by atoms with Crippen LogP contribution in [0.2, 0.25) is 0 Å². The summed E-state index contributed by atoms with van der Waals surface area (Å²) in [6, 6.07) is 8.48. The van der Waals surface area contributed by atoms with E-state index in [9.17, 15) is 18.7 Å². The van der Waals surface area contributed by atoms with Gasteiger partial charge in [0.2, 0.25) is 0 Å². The first kappa shape index (κ1) is 19.9. The van der Waals surface area contributed by atoms with Crippen molar-refractivity contribution < 1.29 is 28.2 Å². The molecule has 0 unspecified atom stereocenters. The summed E-state index contributed by atoms with van der Waals surface area (Å²) in [6.07, 6.45) is 5.85. The number of allylic oxidation sites excluding steroid dienone is 3. The van der Waals surface area contributed by atoms with Gasteiger partial charge in [0.05, 0.1) is 14.2 Å². The van der Waals surface area contributed by atoms with Crippen LogP contribution in [0, 0.1) is 11.6 Å². The Balaban J connectivity index is 2.05. The lowest BCUT2D eigenvalue weighted by Gasteiger charge is -2.01. The van der Waals surface area contributed by atoms with E-state index in [1.165, 1.54) is 56.7 Å². The smallest absolute Gasteiger partial charge is 0.182 e. The minimum Gasteiger partial charge on any atom is -0.508 e. The highest BCUT2D eigenvalue weighted by molar-refractivity contribution is 6.02. The number of aliphatic hydroxyl groups excluding tert-OH is 1. The van der Waals surface area contributed by atoms with Crippen molar-refractivity contribution in [3.63, 3.8) is 0 Å². The van der Waals surface area contributed by atoms with Gasteiger partial charge in [-0.2, -0.15) is 0 Å². The Bertz CT molecular complexity index is 914. The molecule has 0 spiro atoms. The molecule has 6 heteroatoms. The highest BCUT2D eigenvalue weighted by atomic mass is 19.1. The van der Waals surface area contributed by atoms with Crippen LogP contribution in [0.25, 0.3) is 12.2 Å². The topological polar surface area (TPSA) is 55.8 Å². The Morgan fingerprint density at radius 1 is 0.889 bits per heavy atom. The number of carbonyl (C=O) groups is 1. The summed E-state index contributed by atoms with van der Waals surface area (Å²) in [5.74, 6) is -1.25. The van der Waals surface area contributed by atoms with E-state index in [-0.39, 0.29) is 16.9 Å². The van der Waals surface area contributed by atoms with E-state index >= 15 is 0 Å². The van der Waals surface area contributed by atoms with Gasteiger partial charge in [-0.3, -0.25) is 4.79 Å². The molecule has 0 heterocycles. The fraction of sp³-hybridized carbons (Fsp3) is 0.0952. The van der Waals surface area contributed by atoms with Crippen LogP contribution in [-0.4, -0.2) is 25.1 Å². The van der Waals surface area contributed by atoms with Crippen LogP contribution in [0.5, 0.6) is 11.5 Å². The highest BCUT2D eigenvalue weighted by Crippen LogP contribution is 2.18. The molecule has 0 aliphatic carbocycles. The maximum atomic E-state index is 13.8. The van der Waals surface area contributed by atoms with Gasteiger partial charge in [-0.05, 0) is 48.6 Å². The zero-order valence-electron chi connectivity index (χ0n) is 14.8. The lowest BCUT2D eigenvalue weighted by atomic mass is 10.1. The van der Waals surface area contributed by atoms with Gasteiger partial charge in [0, 0.05) is 29.3 Å². The Labute approximate surface area is 155 Å². The van der Waals surface area contributed by atoms with Gasteiger partial charge in [-0.15, -0.1) is 0 Å². The van der Waals surface area contributed by atoms with Gasteiger partial charge in [0.1, 0.15) is 28.9 Å². The van der Waals surface area contributed by atoms with E-state index < -0.39 is 17.4 Å². The Hall–Kier alpha value is -3.41. The minimum absolute atomic E-state index is 0.202. The van der Waals surface area contributed by atoms with Gasteiger partial charge >= 0.3 is 0 Å². The summed E-state index contributed by atoms with van der Waals surface area (Å²) in [7, 11) is 2.85. The van der Waals surface area contributed by atoms with Crippen molar-refractivity contribution in [3.8, 4) is 11.5 Å². The predicted molar refractivity (Wildman–Crippen MR) is 99.7 cm³/mol. The van der Waals surface area contributed by atoms with E-state index in [4.69, 9.17) is 9.47 Å². The van der Waals surface area contributed by atoms with E-state index in [2.05, 4.69) is 0 Å². The van der Waals surface area contributed by atoms with E-state index in [0.29, 0.717) is 11.5 Å². The van der Waals surface area contributed by atoms with E-state index in [1.54, 1.807) is 12.1 Å². The van der Waals surface area contributed by atoms with Crippen LogP contribution in [0.4, 0.5) is 8.78 Å². The summed E-state index contributed by atoms with van der Waals surface area (Å²) in [4.78, 5) is 11.8. The van der Waals surface area contributed by atoms with Gasteiger partial charge in [0.25, 0.3) is 0 Å². The second-order valence-electron chi connectivity index (χ2n) is 5.41. The number of ether oxygens (including phenoxy) is 2. The first-order chi connectivity index (χ1) is 12.9. The molecule has 0 bridgehead atoms. The fourth-order valence-electron chi connectivity index (χ4n) is 2.13. The fourth-order valence-corrected chi connectivity index (χ4v) is 2.13. The molecule has 140 valence electrons. The number of aliphatic hydroxyl groups is 1. The average molecular weight is 372 g/mol. The highest BCUT2D eigenvalue weighted by Gasteiger charge is 2.03. The molecule has 2 aromatic carbocycles. The molecule has 0 aliphatic heterocycles. The van der Waals surface area contributed by atoms with Crippen LogP contribution in [-0.2, 0) is 4.79 Å². The Morgan fingerprint density at radius 3 is 1.81 bits per heavy atom. The average Bonchev–Trinajstić information content (AvgIpc) is 2.65. The molecule has 2 rings (SSSR count). The van der Waals surface area contributed by atoms with Gasteiger partial charge in [-0.1, -0.05) is 0 Å². The normalized spacial score (nSPS) is 11.9. The van der Waals surface area contributed by atoms with Gasteiger partial charge < -0.3 is 14.6 Å². The second kappa shape index (κ2) is 9.33. The molecule has 0 fully saturated rings. The number of carbonyl (C=O) groups excluding carboxylic acids is 1. The first-order valence-electron chi connectivity index (χ1n) is 7.91. The minimum atomic E-state index is -0.553. The molecule has 1 N–H and O–H groups in total. The van der Waals surface area contributed by atoms with Crippen molar-refractivity contribution in [2.45, 2.75) is 0 Å². The first-order valence-corrected chi connectivity index (χ1v) is 7.91. The number of benzene rings is 2. The molecule has 0 saturated heterocycles. The third-order valence-corrected chi connectivity index (χ3v) is 3.57. The monoisotopic (exact) mass is 372 g/mol. The zero-order valence-corrected chi connectivity index (χ0v) is 14.8. The standard InChI is InChI=1S/C21H18F2O4/c1-26-18-9-5-14(20(22)12-18)3-7-16(24)11-17(25)8-4-15-6-10-19(27-2)13-21(15)23/h3-13,24H,1-2H3/b7-3+,8-4+,16-11-. The molecule has 2 aromatic rings. The van der Waals surface area contributed by atoms with Crippen molar-refractivity contribution >= 4 is 17.9 Å². The summed E-state index contributed by atoms with van der Waals surface area (Å²) in [5.41, 5.74) is 0.423. The Kier molecular flexibility index (Phi) is 6.88. The van der Waals surface area contributed by atoms with Crippen LogP contribution >= 0.6 is 0 Å². The van der Waals surface area contributed by atoms with Crippen molar-refractivity contribution in [3.05, 3.63) is 83.1 Å². The molecule has 4 nitrogen and oxygen atoms in total. The van der Waals surface area contributed by atoms with E-state index in [0.717, 1.165) is 12.2 Å². The van der Waals surface area contributed by atoms with Crippen LogP contribution in [0.3, 0.4) is 0 Å². The number of methoxy groups -OCH3 is 2.